The van der Waals surface area contributed by atoms with Gasteiger partial charge in [0.15, 0.2) is 16.9 Å². The van der Waals surface area contributed by atoms with Gasteiger partial charge in [0.25, 0.3) is 0 Å². The normalized spacial score (nSPS) is 22.9. The number of ether oxygens (including phenoxy) is 2. The Hall–Kier alpha value is -3.97. The Morgan fingerprint density at radius 2 is 1.80 bits per heavy atom. The Kier molecular flexibility index (Phi) is 4.60. The first-order chi connectivity index (χ1) is 14.5. The minimum Gasteiger partial charge on any atom is -0.493 e. The van der Waals surface area contributed by atoms with E-state index in [-0.39, 0.29) is 0 Å². The van der Waals surface area contributed by atoms with Gasteiger partial charge in [0.2, 0.25) is 5.91 Å². The smallest absolute Gasteiger partial charge is 0.240 e. The number of nitriles is 2. The maximum Gasteiger partial charge on any atom is 0.240 e. The minimum atomic E-state index is -1.54. The second-order valence-corrected chi connectivity index (χ2v) is 7.33. The Morgan fingerprint density at radius 1 is 1.10 bits per heavy atom. The Balaban J connectivity index is 1.98. The van der Waals surface area contributed by atoms with Crippen molar-refractivity contribution in [2.75, 3.05) is 14.2 Å². The van der Waals surface area contributed by atoms with Gasteiger partial charge in [-0.25, -0.2) is 0 Å². The van der Waals surface area contributed by atoms with Crippen molar-refractivity contribution in [1.82, 2.24) is 4.90 Å². The van der Waals surface area contributed by atoms with Crippen molar-refractivity contribution < 1.29 is 14.3 Å². The average molecular weight is 400 g/mol. The molecule has 2 heterocycles. The van der Waals surface area contributed by atoms with Crippen molar-refractivity contribution in [2.24, 2.45) is 11.1 Å². The highest BCUT2D eigenvalue weighted by Crippen LogP contribution is 2.59. The third-order valence-electron chi connectivity index (χ3n) is 6.00. The summed E-state index contributed by atoms with van der Waals surface area (Å²) in [6.45, 7) is 0. The van der Waals surface area contributed by atoms with Gasteiger partial charge in [-0.1, -0.05) is 30.3 Å². The third kappa shape index (κ3) is 2.53. The molecule has 2 aliphatic rings. The summed E-state index contributed by atoms with van der Waals surface area (Å²) in [5.41, 5.74) is 6.61. The van der Waals surface area contributed by atoms with Crippen molar-refractivity contribution in [3.05, 3.63) is 65.4 Å². The Bertz CT molecular complexity index is 1110. The molecule has 30 heavy (non-hydrogen) atoms. The van der Waals surface area contributed by atoms with Crippen molar-refractivity contribution in [2.45, 2.75) is 18.0 Å². The lowest BCUT2D eigenvalue weighted by Gasteiger charge is -2.34. The van der Waals surface area contributed by atoms with Crippen LogP contribution in [0.25, 0.3) is 6.08 Å². The molecule has 3 atom stereocenters. The number of hydrogen-bond donors (Lipinski definition) is 1. The number of amides is 1. The van der Waals surface area contributed by atoms with Crippen LogP contribution in [0.3, 0.4) is 0 Å². The van der Waals surface area contributed by atoms with E-state index in [2.05, 4.69) is 12.1 Å². The predicted molar refractivity (Wildman–Crippen MR) is 109 cm³/mol. The molecular weight excluding hydrogens is 380 g/mol. The number of benzene rings is 2. The highest BCUT2D eigenvalue weighted by molar-refractivity contribution is 5.84. The molecule has 0 unspecified atom stereocenters. The molecular formula is C23H20N4O3. The fraction of sp³-hybridized carbons (Fsp3) is 0.261. The molecule has 1 amide bonds. The van der Waals surface area contributed by atoms with Crippen LogP contribution in [0.4, 0.5) is 0 Å². The number of carbonyl (C=O) groups is 1. The lowest BCUT2D eigenvalue weighted by molar-refractivity contribution is -0.122. The average Bonchev–Trinajstić information content (AvgIpc) is 3.09. The van der Waals surface area contributed by atoms with Crippen LogP contribution < -0.4 is 15.2 Å². The van der Waals surface area contributed by atoms with Crippen LogP contribution in [0.15, 0.2) is 48.7 Å². The molecule has 0 aromatic heterocycles. The molecule has 1 saturated heterocycles. The SMILES string of the molecule is COc1ccc([C@@H]2[C@@H](C(N)=O)N3C=Cc4ccccc4[C@H]3C2(C#N)C#N)cc1OC. The van der Waals surface area contributed by atoms with Crippen molar-refractivity contribution in [1.29, 1.82) is 10.5 Å². The summed E-state index contributed by atoms with van der Waals surface area (Å²) in [6.07, 6.45) is 3.63. The zero-order chi connectivity index (χ0) is 21.5. The standard InChI is InChI=1S/C23H20N4O3/c1-29-17-8-7-15(11-18(17)30-2)19-20(22(26)28)27-10-9-14-5-3-4-6-16(14)21(27)23(19,12-24)13-25/h3-11,19-21H,1-2H3,(H2,26,28)/t19-,20+,21+/m1/s1. The summed E-state index contributed by atoms with van der Waals surface area (Å²) >= 11 is 0. The van der Waals surface area contributed by atoms with E-state index in [1.165, 1.54) is 14.2 Å². The van der Waals surface area contributed by atoms with Crippen LogP contribution >= 0.6 is 0 Å². The van der Waals surface area contributed by atoms with E-state index in [0.29, 0.717) is 17.1 Å². The minimum absolute atomic E-state index is 0.448. The zero-order valence-electron chi connectivity index (χ0n) is 16.6. The summed E-state index contributed by atoms with van der Waals surface area (Å²) in [5, 5.41) is 20.6. The number of methoxy groups -OCH3 is 2. The second-order valence-electron chi connectivity index (χ2n) is 7.33. The molecule has 1 fully saturated rings. The van der Waals surface area contributed by atoms with Crippen LogP contribution in [0.5, 0.6) is 11.5 Å². The van der Waals surface area contributed by atoms with Crippen molar-refractivity contribution in [3.8, 4) is 23.6 Å². The van der Waals surface area contributed by atoms with Crippen LogP contribution in [-0.4, -0.2) is 31.1 Å². The number of primary amides is 1. The molecule has 0 spiro atoms. The molecule has 4 rings (SSSR count). The fourth-order valence-corrected chi connectivity index (χ4v) is 4.74. The second kappa shape index (κ2) is 7.13. The van der Waals surface area contributed by atoms with Crippen LogP contribution in [0.2, 0.25) is 0 Å². The first-order valence-electron chi connectivity index (χ1n) is 9.40. The highest BCUT2D eigenvalue weighted by atomic mass is 16.5. The lowest BCUT2D eigenvalue weighted by Crippen LogP contribution is -2.41. The number of rotatable bonds is 4. The number of nitrogens with zero attached hydrogens (tertiary/aromatic N) is 3. The molecule has 0 bridgehead atoms. The molecule has 7 heteroatoms. The van der Waals surface area contributed by atoms with Gasteiger partial charge >= 0.3 is 0 Å². The Labute approximate surface area is 174 Å². The van der Waals surface area contributed by atoms with Gasteiger partial charge in [0.1, 0.15) is 6.04 Å². The van der Waals surface area contributed by atoms with Crippen LogP contribution in [0, 0.1) is 28.1 Å². The first kappa shape index (κ1) is 19.4. The van der Waals surface area contributed by atoms with Gasteiger partial charge in [0.05, 0.1) is 32.4 Å². The van der Waals surface area contributed by atoms with Gasteiger partial charge in [-0.05, 0) is 34.9 Å². The van der Waals surface area contributed by atoms with Gasteiger partial charge in [-0.2, -0.15) is 10.5 Å². The topological polar surface area (TPSA) is 112 Å². The van der Waals surface area contributed by atoms with E-state index in [4.69, 9.17) is 15.2 Å². The molecule has 0 saturated carbocycles. The van der Waals surface area contributed by atoms with Crippen molar-refractivity contribution >= 4 is 12.0 Å². The molecule has 2 aliphatic heterocycles. The number of carbonyl (C=O) groups excluding carboxylic acids is 1. The maximum atomic E-state index is 12.6. The van der Waals surface area contributed by atoms with Gasteiger partial charge in [0, 0.05) is 12.1 Å². The van der Waals surface area contributed by atoms with E-state index in [0.717, 1.165) is 11.1 Å². The van der Waals surface area contributed by atoms with Gasteiger partial charge < -0.3 is 20.1 Å². The molecule has 2 N–H and O–H groups in total. The molecule has 0 aliphatic carbocycles. The van der Waals surface area contributed by atoms with Crippen LogP contribution in [-0.2, 0) is 4.79 Å². The van der Waals surface area contributed by atoms with E-state index < -0.39 is 29.3 Å². The quantitative estimate of drug-likeness (QED) is 0.844. The first-order valence-corrected chi connectivity index (χ1v) is 9.40. The van der Waals surface area contributed by atoms with Crippen molar-refractivity contribution in [3.63, 3.8) is 0 Å². The molecule has 2 aromatic carbocycles. The van der Waals surface area contributed by atoms with E-state index >= 15 is 0 Å². The van der Waals surface area contributed by atoms with E-state index in [9.17, 15) is 15.3 Å². The summed E-state index contributed by atoms with van der Waals surface area (Å²) < 4.78 is 10.7. The van der Waals surface area contributed by atoms with E-state index in [1.807, 2.05) is 30.3 Å². The molecule has 2 aromatic rings. The summed E-state index contributed by atoms with van der Waals surface area (Å²) in [7, 11) is 3.03. The molecule has 150 valence electrons. The van der Waals surface area contributed by atoms with Gasteiger partial charge in [-0.3, -0.25) is 4.79 Å². The predicted octanol–water partition coefficient (Wildman–Crippen LogP) is 2.72. The summed E-state index contributed by atoms with van der Waals surface area (Å²) in [5.74, 6) is -0.428. The maximum absolute atomic E-state index is 12.6. The van der Waals surface area contributed by atoms with Crippen LogP contribution in [0.1, 0.15) is 28.7 Å². The lowest BCUT2D eigenvalue weighted by atomic mass is 9.68. The largest absolute Gasteiger partial charge is 0.493 e. The fourth-order valence-electron chi connectivity index (χ4n) is 4.74. The molecule has 0 radical (unpaired) electrons. The van der Waals surface area contributed by atoms with Gasteiger partial charge in [-0.15, -0.1) is 0 Å². The highest BCUT2D eigenvalue weighted by Gasteiger charge is 2.63. The molecule has 7 nitrogen and oxygen atoms in total. The Morgan fingerprint density at radius 3 is 2.43 bits per heavy atom. The number of fused-ring (bicyclic) bond motifs is 3. The van der Waals surface area contributed by atoms with E-state index in [1.54, 1.807) is 29.3 Å². The zero-order valence-corrected chi connectivity index (χ0v) is 16.6. The summed E-state index contributed by atoms with van der Waals surface area (Å²) in [6, 6.07) is 15.7. The monoisotopic (exact) mass is 400 g/mol. The number of nitrogens with two attached hydrogens (primary N) is 1. The third-order valence-corrected chi connectivity index (χ3v) is 6.00. The summed E-state index contributed by atoms with van der Waals surface area (Å²) in [4.78, 5) is 14.4. The number of hydrogen-bond acceptors (Lipinski definition) is 6.